The van der Waals surface area contributed by atoms with Gasteiger partial charge in [0.2, 0.25) is 0 Å². The molecule has 0 saturated carbocycles. The highest BCUT2D eigenvalue weighted by molar-refractivity contribution is 7.10. The van der Waals surface area contributed by atoms with Gasteiger partial charge < -0.3 is 5.11 Å². The molecule has 1 heterocycles. The zero-order valence-corrected chi connectivity index (χ0v) is 7.31. The lowest BCUT2D eigenvalue weighted by Gasteiger charge is -2.03. The zero-order valence-electron chi connectivity index (χ0n) is 6.50. The van der Waals surface area contributed by atoms with Crippen molar-refractivity contribution in [3.8, 4) is 0 Å². The minimum atomic E-state index is -0.754. The Morgan fingerprint density at radius 2 is 2.36 bits per heavy atom. The highest BCUT2D eigenvalue weighted by Crippen LogP contribution is 2.25. The first-order chi connectivity index (χ1) is 5.13. The molecule has 0 aliphatic carbocycles. The number of carbonyl (C=O) groups is 1. The van der Waals surface area contributed by atoms with Crippen molar-refractivity contribution in [3.05, 3.63) is 21.9 Å². The van der Waals surface area contributed by atoms with E-state index >= 15 is 0 Å². The molecule has 0 saturated heterocycles. The number of thiophene rings is 1. The van der Waals surface area contributed by atoms with Crippen LogP contribution in [0, 0.1) is 6.92 Å². The number of rotatable bonds is 2. The van der Waals surface area contributed by atoms with Gasteiger partial charge in [0.1, 0.15) is 0 Å². The number of carboxylic acid groups (broad SMARTS) is 1. The monoisotopic (exact) mass is 170 g/mol. The van der Waals surface area contributed by atoms with Crippen molar-refractivity contribution < 1.29 is 9.90 Å². The fraction of sp³-hybridized carbons (Fsp3) is 0.375. The van der Waals surface area contributed by atoms with Crippen LogP contribution in [0.4, 0.5) is 0 Å². The molecule has 1 atom stereocenters. The number of aliphatic carboxylic acids is 1. The standard InChI is InChI=1S/C8H10O2S/c1-5-3-4-11-7(5)6(2)8(9)10/h3-4,6H,1-2H3,(H,9,10). The lowest BCUT2D eigenvalue weighted by atomic mass is 10.1. The van der Waals surface area contributed by atoms with Gasteiger partial charge in [-0.2, -0.15) is 0 Å². The fourth-order valence-electron chi connectivity index (χ4n) is 0.940. The molecule has 1 N–H and O–H groups in total. The number of hydrogen-bond donors (Lipinski definition) is 1. The van der Waals surface area contributed by atoms with Crippen molar-refractivity contribution in [1.82, 2.24) is 0 Å². The molecular weight excluding hydrogens is 160 g/mol. The molecule has 1 rings (SSSR count). The van der Waals surface area contributed by atoms with Gasteiger partial charge in [0.05, 0.1) is 5.92 Å². The first-order valence-corrected chi connectivity index (χ1v) is 4.27. The highest BCUT2D eigenvalue weighted by Gasteiger charge is 2.16. The van der Waals surface area contributed by atoms with E-state index in [-0.39, 0.29) is 5.92 Å². The van der Waals surface area contributed by atoms with E-state index in [1.165, 1.54) is 11.3 Å². The molecule has 0 fully saturated rings. The summed E-state index contributed by atoms with van der Waals surface area (Å²) in [5.74, 6) is -1.12. The molecule has 3 heteroatoms. The number of aryl methyl sites for hydroxylation is 1. The van der Waals surface area contributed by atoms with Gasteiger partial charge in [-0.1, -0.05) is 0 Å². The summed E-state index contributed by atoms with van der Waals surface area (Å²) in [4.78, 5) is 11.5. The van der Waals surface area contributed by atoms with Crippen LogP contribution in [-0.2, 0) is 4.79 Å². The van der Waals surface area contributed by atoms with Gasteiger partial charge in [-0.05, 0) is 30.9 Å². The van der Waals surface area contributed by atoms with E-state index in [0.29, 0.717) is 0 Å². The summed E-state index contributed by atoms with van der Waals surface area (Å²) in [5.41, 5.74) is 1.07. The number of hydrogen-bond acceptors (Lipinski definition) is 2. The molecule has 0 amide bonds. The van der Waals surface area contributed by atoms with Gasteiger partial charge >= 0.3 is 5.97 Å². The quantitative estimate of drug-likeness (QED) is 0.739. The summed E-state index contributed by atoms with van der Waals surface area (Å²) < 4.78 is 0. The Bertz CT molecular complexity index is 265. The summed E-state index contributed by atoms with van der Waals surface area (Å²) in [6.45, 7) is 3.65. The summed E-state index contributed by atoms with van der Waals surface area (Å²) in [6.07, 6.45) is 0. The molecule has 11 heavy (non-hydrogen) atoms. The Hall–Kier alpha value is -0.830. The average molecular weight is 170 g/mol. The van der Waals surface area contributed by atoms with Crippen LogP contribution in [0.25, 0.3) is 0 Å². The van der Waals surface area contributed by atoms with Crippen molar-refractivity contribution in [3.63, 3.8) is 0 Å². The van der Waals surface area contributed by atoms with Gasteiger partial charge in [-0.3, -0.25) is 4.79 Å². The van der Waals surface area contributed by atoms with E-state index < -0.39 is 5.97 Å². The van der Waals surface area contributed by atoms with E-state index in [4.69, 9.17) is 5.11 Å². The molecular formula is C8H10O2S. The first kappa shape index (κ1) is 8.27. The molecule has 0 aromatic carbocycles. The third kappa shape index (κ3) is 1.60. The zero-order chi connectivity index (χ0) is 8.43. The Morgan fingerprint density at radius 1 is 1.73 bits per heavy atom. The molecule has 1 unspecified atom stereocenters. The summed E-state index contributed by atoms with van der Waals surface area (Å²) in [5, 5.41) is 10.6. The Morgan fingerprint density at radius 3 is 2.73 bits per heavy atom. The van der Waals surface area contributed by atoms with Crippen LogP contribution in [0.2, 0.25) is 0 Å². The average Bonchev–Trinajstić information content (AvgIpc) is 2.33. The third-order valence-electron chi connectivity index (χ3n) is 1.67. The maximum absolute atomic E-state index is 10.6. The molecule has 0 spiro atoms. The molecule has 60 valence electrons. The van der Waals surface area contributed by atoms with Crippen molar-refractivity contribution >= 4 is 17.3 Å². The van der Waals surface area contributed by atoms with E-state index in [9.17, 15) is 4.79 Å². The van der Waals surface area contributed by atoms with Crippen molar-refractivity contribution in [2.24, 2.45) is 0 Å². The van der Waals surface area contributed by atoms with E-state index in [2.05, 4.69) is 0 Å². The third-order valence-corrected chi connectivity index (χ3v) is 2.87. The number of carboxylic acids is 1. The summed E-state index contributed by atoms with van der Waals surface area (Å²) in [7, 11) is 0. The molecule has 1 aromatic rings. The normalized spacial score (nSPS) is 12.9. The lowest BCUT2D eigenvalue weighted by Crippen LogP contribution is -2.06. The SMILES string of the molecule is Cc1ccsc1C(C)C(=O)O. The molecule has 0 aliphatic rings. The van der Waals surface area contributed by atoms with E-state index in [1.807, 2.05) is 18.4 Å². The molecule has 0 aliphatic heterocycles. The van der Waals surface area contributed by atoms with Gasteiger partial charge in [-0.15, -0.1) is 11.3 Å². The predicted molar refractivity (Wildman–Crippen MR) is 45.1 cm³/mol. The Balaban J connectivity index is 2.92. The summed E-state index contributed by atoms with van der Waals surface area (Å²) in [6, 6.07) is 1.94. The first-order valence-electron chi connectivity index (χ1n) is 3.39. The molecule has 2 nitrogen and oxygen atoms in total. The van der Waals surface area contributed by atoms with Gasteiger partial charge in [0, 0.05) is 4.88 Å². The second kappa shape index (κ2) is 3.05. The second-order valence-corrected chi connectivity index (χ2v) is 3.48. The van der Waals surface area contributed by atoms with E-state index in [1.54, 1.807) is 6.92 Å². The summed E-state index contributed by atoms with van der Waals surface area (Å²) >= 11 is 1.51. The van der Waals surface area contributed by atoms with Gasteiger partial charge in [0.25, 0.3) is 0 Å². The topological polar surface area (TPSA) is 37.3 Å². The van der Waals surface area contributed by atoms with Crippen LogP contribution in [0.5, 0.6) is 0 Å². The van der Waals surface area contributed by atoms with Crippen LogP contribution >= 0.6 is 11.3 Å². The van der Waals surface area contributed by atoms with Crippen LogP contribution in [0.1, 0.15) is 23.3 Å². The molecule has 0 bridgehead atoms. The Labute approximate surface area is 69.5 Å². The molecule has 1 aromatic heterocycles. The maximum Gasteiger partial charge on any atom is 0.311 e. The molecule has 0 radical (unpaired) electrons. The van der Waals surface area contributed by atoms with Gasteiger partial charge in [0.15, 0.2) is 0 Å². The van der Waals surface area contributed by atoms with Crippen LogP contribution in [0.15, 0.2) is 11.4 Å². The predicted octanol–water partition coefficient (Wildman–Crippen LogP) is 2.24. The van der Waals surface area contributed by atoms with Crippen molar-refractivity contribution in [1.29, 1.82) is 0 Å². The Kier molecular flexibility index (Phi) is 2.29. The van der Waals surface area contributed by atoms with Crippen LogP contribution in [0.3, 0.4) is 0 Å². The van der Waals surface area contributed by atoms with Crippen molar-refractivity contribution in [2.75, 3.05) is 0 Å². The fourth-order valence-corrected chi connectivity index (χ4v) is 1.92. The van der Waals surface area contributed by atoms with Crippen LogP contribution < -0.4 is 0 Å². The minimum Gasteiger partial charge on any atom is -0.481 e. The van der Waals surface area contributed by atoms with E-state index in [0.717, 1.165) is 10.4 Å². The lowest BCUT2D eigenvalue weighted by molar-refractivity contribution is -0.138. The van der Waals surface area contributed by atoms with Crippen molar-refractivity contribution in [2.45, 2.75) is 19.8 Å². The smallest absolute Gasteiger partial charge is 0.311 e. The van der Waals surface area contributed by atoms with Gasteiger partial charge in [-0.25, -0.2) is 0 Å². The maximum atomic E-state index is 10.6. The minimum absolute atomic E-state index is 0.366. The largest absolute Gasteiger partial charge is 0.481 e. The van der Waals surface area contributed by atoms with Crippen LogP contribution in [-0.4, -0.2) is 11.1 Å². The highest BCUT2D eigenvalue weighted by atomic mass is 32.1. The second-order valence-electron chi connectivity index (χ2n) is 2.53.